The number of nitrogens with zero attached hydrogens (tertiary/aromatic N) is 1. The number of rotatable bonds is 2. The van der Waals surface area contributed by atoms with Crippen molar-refractivity contribution in [2.45, 2.75) is 12.8 Å². The number of carbonyl (C=O) groups is 1. The second-order valence-corrected chi connectivity index (χ2v) is 3.18. The number of ether oxygens (including phenoxy) is 1. The fourth-order valence-electron chi connectivity index (χ4n) is 1.36. The second kappa shape index (κ2) is 6.28. The Morgan fingerprint density at radius 1 is 1.43 bits per heavy atom. The predicted octanol–water partition coefficient (Wildman–Crippen LogP) is 0.442. The fraction of sp³-hybridized carbons (Fsp3) is 0.700. The highest BCUT2D eigenvalue weighted by atomic mass is 16.5. The molecule has 0 aromatic heterocycles. The monoisotopic (exact) mass is 196 g/mol. The summed E-state index contributed by atoms with van der Waals surface area (Å²) in [5, 5.41) is 2.50. The van der Waals surface area contributed by atoms with Crippen LogP contribution in [-0.2, 0) is 4.74 Å². The molecule has 4 heteroatoms. The summed E-state index contributed by atoms with van der Waals surface area (Å²) in [6.45, 7) is 3.47. The van der Waals surface area contributed by atoms with Crippen molar-refractivity contribution < 1.29 is 9.53 Å². The summed E-state index contributed by atoms with van der Waals surface area (Å²) in [4.78, 5) is 12.9. The van der Waals surface area contributed by atoms with Crippen molar-refractivity contribution in [2.75, 3.05) is 33.3 Å². The average Bonchev–Trinajstić information content (AvgIpc) is 2.69. The maximum atomic E-state index is 10.6. The molecule has 0 aromatic carbocycles. The van der Waals surface area contributed by atoms with Crippen LogP contribution < -0.4 is 5.32 Å². The molecule has 0 aromatic rings. The van der Waals surface area contributed by atoms with Crippen LogP contribution in [0.4, 0.5) is 4.79 Å². The number of amides is 1. The Morgan fingerprint density at radius 2 is 2.14 bits per heavy atom. The summed E-state index contributed by atoms with van der Waals surface area (Å²) in [5.74, 6) is 5.89. The SMILES string of the molecule is COC(=O)NCC#CCN1CCCC1. The van der Waals surface area contributed by atoms with E-state index in [1.807, 2.05) is 0 Å². The van der Waals surface area contributed by atoms with E-state index in [9.17, 15) is 4.79 Å². The fourth-order valence-corrected chi connectivity index (χ4v) is 1.36. The molecule has 1 aliphatic rings. The molecule has 1 amide bonds. The van der Waals surface area contributed by atoms with Crippen LogP contribution in [0.5, 0.6) is 0 Å². The van der Waals surface area contributed by atoms with Crippen molar-refractivity contribution in [3.63, 3.8) is 0 Å². The highest BCUT2D eigenvalue weighted by Gasteiger charge is 2.08. The third-order valence-electron chi connectivity index (χ3n) is 2.13. The molecule has 1 fully saturated rings. The number of carbonyl (C=O) groups excluding carboxylic acids is 1. The normalized spacial score (nSPS) is 15.8. The van der Waals surface area contributed by atoms with Crippen LogP contribution in [-0.4, -0.2) is 44.3 Å². The van der Waals surface area contributed by atoms with Crippen molar-refractivity contribution in [2.24, 2.45) is 0 Å². The Kier molecular flexibility index (Phi) is 4.87. The lowest BCUT2D eigenvalue weighted by molar-refractivity contribution is 0.172. The zero-order chi connectivity index (χ0) is 10.2. The van der Waals surface area contributed by atoms with E-state index in [2.05, 4.69) is 26.8 Å². The number of alkyl carbamates (subject to hydrolysis) is 1. The molecule has 1 saturated heterocycles. The van der Waals surface area contributed by atoms with Crippen LogP contribution in [0.1, 0.15) is 12.8 Å². The Morgan fingerprint density at radius 3 is 2.79 bits per heavy atom. The van der Waals surface area contributed by atoms with Crippen molar-refractivity contribution in [1.29, 1.82) is 0 Å². The summed E-state index contributed by atoms with van der Waals surface area (Å²) in [6, 6.07) is 0. The van der Waals surface area contributed by atoms with Crippen LogP contribution in [0.3, 0.4) is 0 Å². The molecule has 1 aliphatic heterocycles. The minimum atomic E-state index is -0.430. The number of methoxy groups -OCH3 is 1. The topological polar surface area (TPSA) is 41.6 Å². The molecule has 0 unspecified atom stereocenters. The van der Waals surface area contributed by atoms with Crippen LogP contribution >= 0.6 is 0 Å². The van der Waals surface area contributed by atoms with Crippen LogP contribution in [0.15, 0.2) is 0 Å². The minimum absolute atomic E-state index is 0.362. The van der Waals surface area contributed by atoms with Crippen LogP contribution in [0.2, 0.25) is 0 Å². The molecule has 1 heterocycles. The molecule has 4 nitrogen and oxygen atoms in total. The first-order valence-corrected chi connectivity index (χ1v) is 4.83. The van der Waals surface area contributed by atoms with E-state index in [1.165, 1.54) is 20.0 Å². The zero-order valence-electron chi connectivity index (χ0n) is 8.51. The molecule has 0 atom stereocenters. The molecule has 1 rings (SSSR count). The Balaban J connectivity index is 2.05. The van der Waals surface area contributed by atoms with Gasteiger partial charge < -0.3 is 10.1 Å². The summed E-state index contributed by atoms with van der Waals surface area (Å²) < 4.78 is 4.40. The van der Waals surface area contributed by atoms with E-state index in [1.54, 1.807) is 0 Å². The first-order valence-electron chi connectivity index (χ1n) is 4.83. The molecule has 1 N–H and O–H groups in total. The molecule has 0 saturated carbocycles. The van der Waals surface area contributed by atoms with Gasteiger partial charge in [-0.05, 0) is 25.9 Å². The summed E-state index contributed by atoms with van der Waals surface area (Å²) in [7, 11) is 1.34. The lowest BCUT2D eigenvalue weighted by Crippen LogP contribution is -2.23. The van der Waals surface area contributed by atoms with Gasteiger partial charge in [0.15, 0.2) is 0 Å². The van der Waals surface area contributed by atoms with Crippen molar-refractivity contribution >= 4 is 6.09 Å². The van der Waals surface area contributed by atoms with Gasteiger partial charge in [-0.2, -0.15) is 0 Å². The highest BCUT2D eigenvalue weighted by Crippen LogP contribution is 2.05. The van der Waals surface area contributed by atoms with Gasteiger partial charge in [0.2, 0.25) is 0 Å². The number of nitrogens with one attached hydrogen (secondary N) is 1. The Labute approximate surface area is 84.6 Å². The number of hydrogen-bond donors (Lipinski definition) is 1. The molecular weight excluding hydrogens is 180 g/mol. The van der Waals surface area contributed by atoms with Gasteiger partial charge in [-0.25, -0.2) is 4.79 Å². The summed E-state index contributed by atoms with van der Waals surface area (Å²) in [6.07, 6.45) is 2.13. The van der Waals surface area contributed by atoms with Gasteiger partial charge in [0.1, 0.15) is 0 Å². The van der Waals surface area contributed by atoms with Gasteiger partial charge in [0.05, 0.1) is 20.2 Å². The Hall–Kier alpha value is -1.21. The summed E-state index contributed by atoms with van der Waals surface area (Å²) >= 11 is 0. The van der Waals surface area contributed by atoms with Crippen molar-refractivity contribution in [3.05, 3.63) is 0 Å². The van der Waals surface area contributed by atoms with Crippen LogP contribution in [0, 0.1) is 11.8 Å². The number of hydrogen-bond acceptors (Lipinski definition) is 3. The predicted molar refractivity (Wildman–Crippen MR) is 53.9 cm³/mol. The van der Waals surface area contributed by atoms with Gasteiger partial charge in [0.25, 0.3) is 0 Å². The van der Waals surface area contributed by atoms with E-state index in [0.29, 0.717) is 6.54 Å². The lowest BCUT2D eigenvalue weighted by atomic mass is 10.4. The molecular formula is C10H16N2O2. The molecule has 0 bridgehead atoms. The molecule has 0 radical (unpaired) electrons. The zero-order valence-corrected chi connectivity index (χ0v) is 8.51. The van der Waals surface area contributed by atoms with E-state index < -0.39 is 6.09 Å². The maximum absolute atomic E-state index is 10.6. The third kappa shape index (κ3) is 4.15. The van der Waals surface area contributed by atoms with Gasteiger partial charge in [-0.3, -0.25) is 4.90 Å². The largest absolute Gasteiger partial charge is 0.453 e. The van der Waals surface area contributed by atoms with Gasteiger partial charge in [-0.15, -0.1) is 0 Å². The van der Waals surface area contributed by atoms with Gasteiger partial charge in [-0.1, -0.05) is 11.8 Å². The van der Waals surface area contributed by atoms with E-state index >= 15 is 0 Å². The lowest BCUT2D eigenvalue weighted by Gasteiger charge is -2.08. The quantitative estimate of drug-likeness (QED) is 0.652. The molecule has 14 heavy (non-hydrogen) atoms. The van der Waals surface area contributed by atoms with Gasteiger partial charge >= 0.3 is 6.09 Å². The third-order valence-corrected chi connectivity index (χ3v) is 2.13. The standard InChI is InChI=1S/C10H16N2O2/c1-14-10(13)11-6-2-3-7-12-8-4-5-9-12/h4-9H2,1H3,(H,11,13). The van der Waals surface area contributed by atoms with Gasteiger partial charge in [0, 0.05) is 0 Å². The molecule has 78 valence electrons. The van der Waals surface area contributed by atoms with Crippen molar-refractivity contribution in [1.82, 2.24) is 10.2 Å². The van der Waals surface area contributed by atoms with E-state index in [4.69, 9.17) is 0 Å². The second-order valence-electron chi connectivity index (χ2n) is 3.18. The highest BCUT2D eigenvalue weighted by molar-refractivity contribution is 5.67. The number of likely N-dealkylation sites (tertiary alicyclic amines) is 1. The van der Waals surface area contributed by atoms with Crippen LogP contribution in [0.25, 0.3) is 0 Å². The smallest absolute Gasteiger partial charge is 0.407 e. The first kappa shape index (κ1) is 10.9. The minimum Gasteiger partial charge on any atom is -0.453 e. The van der Waals surface area contributed by atoms with E-state index in [-0.39, 0.29) is 0 Å². The average molecular weight is 196 g/mol. The van der Waals surface area contributed by atoms with E-state index in [0.717, 1.165) is 19.6 Å². The first-order chi connectivity index (χ1) is 6.83. The molecule has 0 spiro atoms. The maximum Gasteiger partial charge on any atom is 0.407 e. The van der Waals surface area contributed by atoms with Crippen molar-refractivity contribution in [3.8, 4) is 11.8 Å². The molecule has 0 aliphatic carbocycles. The Bertz CT molecular complexity index is 236. The summed E-state index contributed by atoms with van der Waals surface area (Å²) in [5.41, 5.74) is 0.